The van der Waals surface area contributed by atoms with Crippen LogP contribution in [-0.4, -0.2) is 27.8 Å². The fourth-order valence-corrected chi connectivity index (χ4v) is 4.30. The molecule has 0 fully saturated rings. The maximum absolute atomic E-state index is 13.5. The van der Waals surface area contributed by atoms with E-state index in [4.69, 9.17) is 4.74 Å². The molecule has 6 nitrogen and oxygen atoms in total. The summed E-state index contributed by atoms with van der Waals surface area (Å²) in [4.78, 5) is 12.6. The first-order valence-electron chi connectivity index (χ1n) is 10.0. The predicted molar refractivity (Wildman–Crippen MR) is 129 cm³/mol. The summed E-state index contributed by atoms with van der Waals surface area (Å²) in [5.74, 6) is 1.23. The number of halogens is 2. The minimum Gasteiger partial charge on any atom is -0.497 e. The van der Waals surface area contributed by atoms with Crippen LogP contribution in [-0.2, 0) is 12.3 Å². The monoisotopic (exact) mass is 526 g/mol. The molecule has 33 heavy (non-hydrogen) atoms. The van der Waals surface area contributed by atoms with Crippen molar-refractivity contribution in [1.29, 1.82) is 0 Å². The van der Waals surface area contributed by atoms with Gasteiger partial charge in [-0.2, -0.15) is 0 Å². The van der Waals surface area contributed by atoms with Crippen LogP contribution in [0.25, 0.3) is 5.69 Å². The van der Waals surface area contributed by atoms with Gasteiger partial charge in [0.15, 0.2) is 11.0 Å². The number of ether oxygens (including phenoxy) is 1. The van der Waals surface area contributed by atoms with Crippen molar-refractivity contribution in [3.05, 3.63) is 100 Å². The Kier molecular flexibility index (Phi) is 7.41. The average molecular weight is 527 g/mol. The lowest BCUT2D eigenvalue weighted by Crippen LogP contribution is -2.24. The zero-order valence-corrected chi connectivity index (χ0v) is 20.1. The number of rotatable bonds is 8. The van der Waals surface area contributed by atoms with Crippen LogP contribution in [0.15, 0.2) is 82.4 Å². The smallest absolute Gasteiger partial charge is 0.251 e. The first-order chi connectivity index (χ1) is 16.0. The highest BCUT2D eigenvalue weighted by molar-refractivity contribution is 9.10. The number of benzene rings is 3. The summed E-state index contributed by atoms with van der Waals surface area (Å²) in [7, 11) is 1.55. The second-order valence-electron chi connectivity index (χ2n) is 7.04. The minimum atomic E-state index is -0.330. The molecule has 168 valence electrons. The molecule has 0 aliphatic heterocycles. The fourth-order valence-electron chi connectivity index (χ4n) is 3.11. The predicted octanol–water partition coefficient (Wildman–Crippen LogP) is 5.40. The Balaban J connectivity index is 1.55. The third kappa shape index (κ3) is 5.80. The van der Waals surface area contributed by atoms with Crippen molar-refractivity contribution in [2.45, 2.75) is 17.5 Å². The molecule has 4 rings (SSSR count). The molecule has 0 unspecified atom stereocenters. The van der Waals surface area contributed by atoms with E-state index in [-0.39, 0.29) is 18.3 Å². The van der Waals surface area contributed by atoms with Crippen LogP contribution < -0.4 is 10.1 Å². The Bertz CT molecular complexity index is 1250. The molecule has 0 radical (unpaired) electrons. The van der Waals surface area contributed by atoms with Gasteiger partial charge in [0.25, 0.3) is 5.91 Å². The third-order valence-electron chi connectivity index (χ3n) is 4.81. The van der Waals surface area contributed by atoms with Crippen molar-refractivity contribution in [2.24, 2.45) is 0 Å². The van der Waals surface area contributed by atoms with Gasteiger partial charge in [-0.3, -0.25) is 9.36 Å². The number of nitrogens with zero attached hydrogens (tertiary/aromatic N) is 3. The first kappa shape index (κ1) is 23.0. The number of hydrogen-bond donors (Lipinski definition) is 1. The Morgan fingerprint density at radius 1 is 1.09 bits per heavy atom. The van der Waals surface area contributed by atoms with Gasteiger partial charge in [0.2, 0.25) is 0 Å². The van der Waals surface area contributed by atoms with Gasteiger partial charge < -0.3 is 10.1 Å². The second-order valence-corrected chi connectivity index (χ2v) is 8.90. The molecule has 0 aliphatic carbocycles. The topological polar surface area (TPSA) is 69.0 Å². The summed E-state index contributed by atoms with van der Waals surface area (Å²) in [5.41, 5.74) is 2.32. The highest BCUT2D eigenvalue weighted by atomic mass is 79.9. The zero-order chi connectivity index (χ0) is 23.2. The van der Waals surface area contributed by atoms with Crippen LogP contribution in [0, 0.1) is 5.82 Å². The molecule has 0 spiro atoms. The number of methoxy groups -OCH3 is 1. The van der Waals surface area contributed by atoms with E-state index in [0.29, 0.717) is 33.7 Å². The molecule has 1 amide bonds. The number of amides is 1. The van der Waals surface area contributed by atoms with Gasteiger partial charge in [-0.15, -0.1) is 10.2 Å². The summed E-state index contributed by atoms with van der Waals surface area (Å²) in [6, 6.07) is 21.0. The molecule has 0 aliphatic rings. The van der Waals surface area contributed by atoms with Crippen molar-refractivity contribution in [2.75, 3.05) is 7.11 Å². The van der Waals surface area contributed by atoms with Crippen LogP contribution >= 0.6 is 27.7 Å². The Labute approximate surface area is 203 Å². The van der Waals surface area contributed by atoms with Crippen LogP contribution in [0.4, 0.5) is 4.39 Å². The molecule has 0 saturated carbocycles. The lowest BCUT2D eigenvalue weighted by molar-refractivity contribution is 0.0949. The van der Waals surface area contributed by atoms with Gasteiger partial charge in [-0.1, -0.05) is 45.9 Å². The lowest BCUT2D eigenvalue weighted by Gasteiger charge is -2.11. The van der Waals surface area contributed by atoms with E-state index >= 15 is 0 Å². The molecule has 1 aromatic heterocycles. The number of aromatic nitrogens is 3. The number of hydrogen-bond acceptors (Lipinski definition) is 5. The summed E-state index contributed by atoms with van der Waals surface area (Å²) in [6.45, 7) is 0.152. The molecule has 3 aromatic carbocycles. The molecule has 4 aromatic rings. The normalized spacial score (nSPS) is 10.8. The average Bonchev–Trinajstić information content (AvgIpc) is 3.25. The number of carbonyl (C=O) groups excluding carboxylic acids is 1. The summed E-state index contributed by atoms with van der Waals surface area (Å²) in [5, 5.41) is 12.1. The summed E-state index contributed by atoms with van der Waals surface area (Å²) >= 11 is 4.95. The van der Waals surface area contributed by atoms with E-state index in [1.807, 2.05) is 28.8 Å². The molecule has 1 heterocycles. The SMILES string of the molecule is COc1cccc(C(=O)NCc2nnc(SCc3ccc(Br)cc3)n2-c2ccc(F)cc2)c1. The van der Waals surface area contributed by atoms with E-state index in [1.165, 1.54) is 23.9 Å². The maximum Gasteiger partial charge on any atom is 0.251 e. The standard InChI is InChI=1S/C24H20BrFN4O2S/c1-32-21-4-2-3-17(13-21)23(31)27-14-22-28-29-24(30(22)20-11-9-19(26)10-12-20)33-15-16-5-7-18(25)8-6-16/h2-13H,14-15H2,1H3,(H,27,31). The van der Waals surface area contributed by atoms with E-state index in [2.05, 4.69) is 31.4 Å². The molecular weight excluding hydrogens is 507 g/mol. The largest absolute Gasteiger partial charge is 0.497 e. The quantitative estimate of drug-likeness (QED) is 0.311. The van der Waals surface area contributed by atoms with Gasteiger partial charge in [0, 0.05) is 21.5 Å². The highest BCUT2D eigenvalue weighted by Gasteiger charge is 2.16. The van der Waals surface area contributed by atoms with Crippen LogP contribution in [0.2, 0.25) is 0 Å². The molecule has 9 heteroatoms. The van der Waals surface area contributed by atoms with Crippen molar-refractivity contribution >= 4 is 33.6 Å². The van der Waals surface area contributed by atoms with Crippen molar-refractivity contribution in [3.8, 4) is 11.4 Å². The molecule has 1 N–H and O–H groups in total. The van der Waals surface area contributed by atoms with E-state index < -0.39 is 0 Å². The first-order valence-corrected chi connectivity index (χ1v) is 11.8. The lowest BCUT2D eigenvalue weighted by atomic mass is 10.2. The summed E-state index contributed by atoms with van der Waals surface area (Å²) < 4.78 is 21.5. The van der Waals surface area contributed by atoms with E-state index in [0.717, 1.165) is 10.0 Å². The van der Waals surface area contributed by atoms with Crippen LogP contribution in [0.1, 0.15) is 21.7 Å². The number of thioether (sulfide) groups is 1. The van der Waals surface area contributed by atoms with Crippen molar-refractivity contribution in [1.82, 2.24) is 20.1 Å². The Morgan fingerprint density at radius 3 is 2.58 bits per heavy atom. The maximum atomic E-state index is 13.5. The molecule has 0 atom stereocenters. The van der Waals surface area contributed by atoms with Gasteiger partial charge in [-0.05, 0) is 60.2 Å². The minimum absolute atomic E-state index is 0.152. The second kappa shape index (κ2) is 10.6. The van der Waals surface area contributed by atoms with E-state index in [9.17, 15) is 9.18 Å². The fraction of sp³-hybridized carbons (Fsp3) is 0.125. The number of carbonyl (C=O) groups is 1. The van der Waals surface area contributed by atoms with Gasteiger partial charge in [0.05, 0.1) is 13.7 Å². The molecular formula is C24H20BrFN4O2S. The van der Waals surface area contributed by atoms with Gasteiger partial charge in [0.1, 0.15) is 11.6 Å². The summed E-state index contributed by atoms with van der Waals surface area (Å²) in [6.07, 6.45) is 0. The number of nitrogens with one attached hydrogen (secondary N) is 1. The van der Waals surface area contributed by atoms with Crippen LogP contribution in [0.3, 0.4) is 0 Å². The Hall–Kier alpha value is -3.17. The van der Waals surface area contributed by atoms with Crippen LogP contribution in [0.5, 0.6) is 5.75 Å². The zero-order valence-electron chi connectivity index (χ0n) is 17.7. The van der Waals surface area contributed by atoms with E-state index in [1.54, 1.807) is 43.5 Å². The van der Waals surface area contributed by atoms with Gasteiger partial charge >= 0.3 is 0 Å². The molecule has 0 bridgehead atoms. The van der Waals surface area contributed by atoms with Crippen molar-refractivity contribution in [3.63, 3.8) is 0 Å². The Morgan fingerprint density at radius 2 is 1.85 bits per heavy atom. The molecule has 0 saturated heterocycles. The van der Waals surface area contributed by atoms with Gasteiger partial charge in [-0.25, -0.2) is 4.39 Å². The highest BCUT2D eigenvalue weighted by Crippen LogP contribution is 2.26. The third-order valence-corrected chi connectivity index (χ3v) is 6.33. The van der Waals surface area contributed by atoms with Crippen molar-refractivity contribution < 1.29 is 13.9 Å².